The van der Waals surface area contributed by atoms with Crippen LogP contribution in [0.3, 0.4) is 0 Å². The summed E-state index contributed by atoms with van der Waals surface area (Å²) >= 11 is 0. The lowest BCUT2D eigenvalue weighted by molar-refractivity contribution is -0.147. The zero-order valence-electron chi connectivity index (χ0n) is 15.6. The highest BCUT2D eigenvalue weighted by atomic mass is 16.5. The van der Waals surface area contributed by atoms with Gasteiger partial charge in [-0.05, 0) is 56.3 Å². The summed E-state index contributed by atoms with van der Waals surface area (Å²) in [6.45, 7) is 3.66. The highest BCUT2D eigenvalue weighted by Crippen LogP contribution is 2.35. The lowest BCUT2D eigenvalue weighted by atomic mass is 10.0. The van der Waals surface area contributed by atoms with Crippen LogP contribution in [0.1, 0.15) is 13.8 Å². The lowest BCUT2D eigenvalue weighted by Gasteiger charge is -2.32. The Kier molecular flexibility index (Phi) is 5.16. The number of carbonyl (C=O) groups excluding carboxylic acids is 2. The van der Waals surface area contributed by atoms with Gasteiger partial charge < -0.3 is 14.8 Å². The molecule has 0 saturated carbocycles. The van der Waals surface area contributed by atoms with Crippen LogP contribution in [0.15, 0.2) is 66.4 Å². The van der Waals surface area contributed by atoms with Gasteiger partial charge in [-0.2, -0.15) is 0 Å². The first-order chi connectivity index (χ1) is 13.0. The average Bonchev–Trinajstić information content (AvgIpc) is 2.94. The maximum Gasteiger partial charge on any atom is 0.336 e. The number of para-hydroxylation sites is 1. The third-order valence-electron chi connectivity index (χ3n) is 4.40. The molecule has 0 spiro atoms. The van der Waals surface area contributed by atoms with Gasteiger partial charge in [0.05, 0.1) is 13.7 Å². The molecule has 140 valence electrons. The number of ether oxygens (including phenoxy) is 2. The van der Waals surface area contributed by atoms with Gasteiger partial charge in [-0.15, -0.1) is 0 Å². The van der Waals surface area contributed by atoms with E-state index in [0.29, 0.717) is 11.4 Å². The molecule has 0 saturated heterocycles. The molecule has 1 heterocycles. The molecule has 2 aromatic carbocycles. The molecule has 6 nitrogen and oxygen atoms in total. The van der Waals surface area contributed by atoms with Gasteiger partial charge in [-0.3, -0.25) is 9.69 Å². The van der Waals surface area contributed by atoms with Crippen molar-refractivity contribution in [2.75, 3.05) is 23.9 Å². The summed E-state index contributed by atoms with van der Waals surface area (Å²) in [6, 6.07) is 16.3. The van der Waals surface area contributed by atoms with Crippen molar-refractivity contribution in [1.29, 1.82) is 0 Å². The Morgan fingerprint density at radius 3 is 2.37 bits per heavy atom. The van der Waals surface area contributed by atoms with Gasteiger partial charge in [0.25, 0.3) is 5.91 Å². The van der Waals surface area contributed by atoms with Crippen LogP contribution >= 0.6 is 0 Å². The summed E-state index contributed by atoms with van der Waals surface area (Å²) < 4.78 is 10.4. The van der Waals surface area contributed by atoms with Crippen molar-refractivity contribution in [2.45, 2.75) is 19.4 Å². The van der Waals surface area contributed by atoms with Gasteiger partial charge >= 0.3 is 5.97 Å². The highest BCUT2D eigenvalue weighted by molar-refractivity contribution is 6.16. The molecule has 0 unspecified atom stereocenters. The second-order valence-electron chi connectivity index (χ2n) is 6.26. The van der Waals surface area contributed by atoms with Crippen LogP contribution in [0.5, 0.6) is 5.75 Å². The van der Waals surface area contributed by atoms with Crippen LogP contribution in [0.4, 0.5) is 11.4 Å². The summed E-state index contributed by atoms with van der Waals surface area (Å²) in [4.78, 5) is 27.2. The molecule has 0 bridgehead atoms. The van der Waals surface area contributed by atoms with Crippen molar-refractivity contribution >= 4 is 23.3 Å². The van der Waals surface area contributed by atoms with E-state index in [1.165, 1.54) is 4.90 Å². The van der Waals surface area contributed by atoms with E-state index in [1.54, 1.807) is 63.4 Å². The van der Waals surface area contributed by atoms with Crippen molar-refractivity contribution < 1.29 is 19.1 Å². The summed E-state index contributed by atoms with van der Waals surface area (Å²) in [5.74, 6) is -0.0594. The highest BCUT2D eigenvalue weighted by Gasteiger charge is 2.49. The van der Waals surface area contributed by atoms with Gasteiger partial charge in [0.1, 0.15) is 11.4 Å². The fourth-order valence-electron chi connectivity index (χ4n) is 3.05. The van der Waals surface area contributed by atoms with E-state index in [2.05, 4.69) is 5.32 Å². The number of esters is 1. The van der Waals surface area contributed by atoms with E-state index < -0.39 is 11.5 Å². The van der Waals surface area contributed by atoms with Crippen molar-refractivity contribution in [3.63, 3.8) is 0 Å². The molecule has 1 aliphatic rings. The van der Waals surface area contributed by atoms with E-state index in [9.17, 15) is 9.59 Å². The average molecular weight is 366 g/mol. The van der Waals surface area contributed by atoms with Gasteiger partial charge in [-0.25, -0.2) is 4.79 Å². The number of nitrogens with one attached hydrogen (secondary N) is 1. The van der Waals surface area contributed by atoms with Gasteiger partial charge in [0, 0.05) is 11.4 Å². The molecule has 1 atom stereocenters. The number of anilines is 2. The number of hydrogen-bond donors (Lipinski definition) is 1. The molecule has 0 fully saturated rings. The molecule has 0 radical (unpaired) electrons. The fourth-order valence-corrected chi connectivity index (χ4v) is 3.05. The summed E-state index contributed by atoms with van der Waals surface area (Å²) in [5.41, 5.74) is 0.431. The van der Waals surface area contributed by atoms with Crippen molar-refractivity contribution in [1.82, 2.24) is 0 Å². The quantitative estimate of drug-likeness (QED) is 0.794. The lowest BCUT2D eigenvalue weighted by Crippen LogP contribution is -2.51. The Morgan fingerprint density at radius 1 is 1.11 bits per heavy atom. The first kappa shape index (κ1) is 18.5. The molecular weight excluding hydrogens is 344 g/mol. The number of benzene rings is 2. The Balaban J connectivity index is 1.96. The summed E-state index contributed by atoms with van der Waals surface area (Å²) in [6.07, 6.45) is 1.62. The van der Waals surface area contributed by atoms with Crippen molar-refractivity contribution in [3.05, 3.63) is 66.4 Å². The number of methoxy groups -OCH3 is 1. The van der Waals surface area contributed by atoms with E-state index in [-0.39, 0.29) is 12.5 Å². The largest absolute Gasteiger partial charge is 0.497 e. The summed E-state index contributed by atoms with van der Waals surface area (Å²) in [5, 5.41) is 3.10. The molecule has 2 aromatic rings. The number of nitrogens with zero attached hydrogens (tertiary/aromatic N) is 1. The molecule has 1 amide bonds. The second-order valence-corrected chi connectivity index (χ2v) is 6.26. The third-order valence-corrected chi connectivity index (χ3v) is 4.40. The van der Waals surface area contributed by atoms with Gasteiger partial charge in [0.2, 0.25) is 0 Å². The maximum atomic E-state index is 13.1. The maximum absolute atomic E-state index is 13.1. The number of hydrogen-bond acceptors (Lipinski definition) is 5. The van der Waals surface area contributed by atoms with Crippen LogP contribution in [-0.2, 0) is 14.3 Å². The minimum atomic E-state index is -1.23. The standard InChI is InChI=1S/C21H22N2O4/c1-4-27-20(25)21(2)14-18(22-15-10-12-17(26-3)13-11-15)19(24)23(21)16-8-6-5-7-9-16/h5-14,22H,4H2,1-3H3/t21-/m0/s1. The zero-order chi connectivity index (χ0) is 19.4. The third kappa shape index (κ3) is 3.51. The monoisotopic (exact) mass is 366 g/mol. The van der Waals surface area contributed by atoms with Gasteiger partial charge in [0.15, 0.2) is 5.54 Å². The van der Waals surface area contributed by atoms with Crippen LogP contribution < -0.4 is 15.0 Å². The second kappa shape index (κ2) is 7.53. The van der Waals surface area contributed by atoms with Crippen LogP contribution in [0.2, 0.25) is 0 Å². The van der Waals surface area contributed by atoms with Crippen molar-refractivity contribution in [2.24, 2.45) is 0 Å². The Bertz CT molecular complexity index is 862. The van der Waals surface area contributed by atoms with E-state index in [4.69, 9.17) is 9.47 Å². The molecule has 3 rings (SSSR count). The minimum Gasteiger partial charge on any atom is -0.497 e. The molecule has 1 aliphatic heterocycles. The Hall–Kier alpha value is -3.28. The minimum absolute atomic E-state index is 0.236. The molecular formula is C21H22N2O4. The predicted octanol–water partition coefficient (Wildman–Crippen LogP) is 3.36. The molecule has 27 heavy (non-hydrogen) atoms. The normalized spacial score (nSPS) is 18.9. The molecule has 1 N–H and O–H groups in total. The van der Waals surface area contributed by atoms with E-state index in [0.717, 1.165) is 11.4 Å². The first-order valence-corrected chi connectivity index (χ1v) is 8.70. The van der Waals surface area contributed by atoms with E-state index in [1.807, 2.05) is 18.2 Å². The molecule has 6 heteroatoms. The smallest absolute Gasteiger partial charge is 0.336 e. The SMILES string of the molecule is CCOC(=O)[C@]1(C)C=C(Nc2ccc(OC)cc2)C(=O)N1c1ccccc1. The summed E-state index contributed by atoms with van der Waals surface area (Å²) in [7, 11) is 1.59. The Labute approximate surface area is 158 Å². The van der Waals surface area contributed by atoms with Crippen LogP contribution in [0, 0.1) is 0 Å². The topological polar surface area (TPSA) is 67.9 Å². The van der Waals surface area contributed by atoms with Crippen LogP contribution in [-0.4, -0.2) is 31.1 Å². The van der Waals surface area contributed by atoms with E-state index >= 15 is 0 Å². The molecule has 0 aliphatic carbocycles. The first-order valence-electron chi connectivity index (χ1n) is 8.70. The van der Waals surface area contributed by atoms with Crippen LogP contribution in [0.25, 0.3) is 0 Å². The number of carbonyl (C=O) groups is 2. The zero-order valence-corrected chi connectivity index (χ0v) is 15.6. The number of rotatable bonds is 6. The predicted molar refractivity (Wildman–Crippen MR) is 104 cm³/mol. The molecule has 0 aromatic heterocycles. The number of amides is 1. The van der Waals surface area contributed by atoms with Gasteiger partial charge in [-0.1, -0.05) is 18.2 Å². The Morgan fingerprint density at radius 2 is 1.78 bits per heavy atom. The fraction of sp³-hybridized carbons (Fsp3) is 0.238. The van der Waals surface area contributed by atoms with Crippen molar-refractivity contribution in [3.8, 4) is 5.75 Å².